The summed E-state index contributed by atoms with van der Waals surface area (Å²) >= 11 is 0. The number of hydrogen-bond donors (Lipinski definition) is 1. The van der Waals surface area contributed by atoms with E-state index >= 15 is 0 Å². The van der Waals surface area contributed by atoms with E-state index in [2.05, 4.69) is 0 Å². The van der Waals surface area contributed by atoms with E-state index in [0.29, 0.717) is 6.61 Å². The first-order valence-electron chi connectivity index (χ1n) is 7.61. The topological polar surface area (TPSA) is 65.0 Å². The van der Waals surface area contributed by atoms with Crippen LogP contribution in [0, 0.1) is 11.8 Å². The van der Waals surface area contributed by atoms with Crippen LogP contribution in [0.2, 0.25) is 0 Å². The monoisotopic (exact) mass is 308 g/mol. The minimum Gasteiger partial charge on any atom is -0.463 e. The van der Waals surface area contributed by atoms with E-state index in [1.807, 2.05) is 44.2 Å². The molecule has 1 aliphatic rings. The van der Waals surface area contributed by atoms with Gasteiger partial charge in [0.1, 0.15) is 12.7 Å². The highest BCUT2D eigenvalue weighted by Crippen LogP contribution is 2.32. The van der Waals surface area contributed by atoms with Crippen molar-refractivity contribution in [3.05, 3.63) is 35.9 Å². The summed E-state index contributed by atoms with van der Waals surface area (Å²) in [6, 6.07) is 9.81. The normalized spacial score (nSPS) is 31.7. The zero-order valence-corrected chi connectivity index (χ0v) is 13.3. The molecule has 0 saturated carbocycles. The number of ether oxygens (including phenoxy) is 3. The fraction of sp³-hybridized carbons (Fsp3) is 0.588. The lowest BCUT2D eigenvalue weighted by Crippen LogP contribution is -2.51. The smallest absolute Gasteiger partial charge is 0.302 e. The highest BCUT2D eigenvalue weighted by atomic mass is 16.7. The Hall–Kier alpha value is -1.43. The van der Waals surface area contributed by atoms with Gasteiger partial charge in [-0.2, -0.15) is 0 Å². The molecule has 0 radical (unpaired) electrons. The third-order valence-electron chi connectivity index (χ3n) is 4.27. The van der Waals surface area contributed by atoms with Crippen LogP contribution in [0.3, 0.4) is 0 Å². The molecule has 1 heterocycles. The SMILES string of the molecule is CC(=O)OCC1O[C@@H](O)C(OCc2ccccc2)[C@@H](C)[C@@H]1C. The second-order valence-electron chi connectivity index (χ2n) is 5.85. The number of carbonyl (C=O) groups is 1. The van der Waals surface area contributed by atoms with Crippen LogP contribution in [0.25, 0.3) is 0 Å². The predicted molar refractivity (Wildman–Crippen MR) is 80.9 cm³/mol. The molecule has 5 nitrogen and oxygen atoms in total. The molecule has 122 valence electrons. The zero-order chi connectivity index (χ0) is 16.1. The Morgan fingerprint density at radius 3 is 2.55 bits per heavy atom. The molecular formula is C17H24O5. The largest absolute Gasteiger partial charge is 0.463 e. The van der Waals surface area contributed by atoms with Crippen molar-refractivity contribution in [1.29, 1.82) is 0 Å². The Balaban J connectivity index is 1.92. The Bertz CT molecular complexity index is 475. The van der Waals surface area contributed by atoms with Crippen molar-refractivity contribution in [2.75, 3.05) is 6.61 Å². The van der Waals surface area contributed by atoms with Gasteiger partial charge in [0.2, 0.25) is 0 Å². The van der Waals surface area contributed by atoms with Gasteiger partial charge in [-0.3, -0.25) is 4.79 Å². The quantitative estimate of drug-likeness (QED) is 0.844. The number of rotatable bonds is 5. The van der Waals surface area contributed by atoms with Gasteiger partial charge in [0, 0.05) is 6.92 Å². The number of carbonyl (C=O) groups excluding carboxylic acids is 1. The lowest BCUT2D eigenvalue weighted by Gasteiger charge is -2.42. The molecule has 0 amide bonds. The van der Waals surface area contributed by atoms with Gasteiger partial charge < -0.3 is 19.3 Å². The lowest BCUT2D eigenvalue weighted by molar-refractivity contribution is -0.270. The minimum atomic E-state index is -1.02. The molecule has 0 bridgehead atoms. The fourth-order valence-corrected chi connectivity index (χ4v) is 2.67. The van der Waals surface area contributed by atoms with Crippen molar-refractivity contribution in [2.45, 2.75) is 45.9 Å². The van der Waals surface area contributed by atoms with E-state index in [1.165, 1.54) is 6.92 Å². The molecule has 1 aliphatic heterocycles. The summed E-state index contributed by atoms with van der Waals surface area (Å²) in [6.45, 7) is 5.98. The molecule has 1 fully saturated rings. The maximum absolute atomic E-state index is 10.9. The second kappa shape index (κ2) is 7.72. The number of esters is 1. The van der Waals surface area contributed by atoms with Crippen molar-refractivity contribution < 1.29 is 24.1 Å². The zero-order valence-electron chi connectivity index (χ0n) is 13.3. The lowest BCUT2D eigenvalue weighted by atomic mass is 9.83. The van der Waals surface area contributed by atoms with Gasteiger partial charge in [-0.15, -0.1) is 0 Å². The highest BCUT2D eigenvalue weighted by Gasteiger charge is 2.41. The van der Waals surface area contributed by atoms with Crippen LogP contribution in [-0.2, 0) is 25.6 Å². The van der Waals surface area contributed by atoms with Crippen LogP contribution in [0.1, 0.15) is 26.3 Å². The van der Waals surface area contributed by atoms with Crippen LogP contribution < -0.4 is 0 Å². The molecule has 2 rings (SSSR count). The van der Waals surface area contributed by atoms with Crippen LogP contribution >= 0.6 is 0 Å². The van der Waals surface area contributed by atoms with Gasteiger partial charge in [-0.25, -0.2) is 0 Å². The molecule has 1 aromatic rings. The summed E-state index contributed by atoms with van der Waals surface area (Å²) < 4.78 is 16.4. The van der Waals surface area contributed by atoms with E-state index in [-0.39, 0.29) is 30.5 Å². The van der Waals surface area contributed by atoms with Gasteiger partial charge in [-0.1, -0.05) is 44.2 Å². The first kappa shape index (κ1) is 16.9. The Labute approximate surface area is 131 Å². The number of benzene rings is 1. The van der Waals surface area contributed by atoms with Crippen molar-refractivity contribution >= 4 is 5.97 Å². The molecule has 5 atom stereocenters. The maximum atomic E-state index is 10.9. The van der Waals surface area contributed by atoms with Crippen LogP contribution in [0.15, 0.2) is 30.3 Å². The van der Waals surface area contributed by atoms with Gasteiger partial charge in [0.15, 0.2) is 6.29 Å². The fourth-order valence-electron chi connectivity index (χ4n) is 2.67. The third kappa shape index (κ3) is 4.29. The summed E-state index contributed by atoms with van der Waals surface area (Å²) in [4.78, 5) is 10.9. The molecule has 1 aromatic carbocycles. The minimum absolute atomic E-state index is 0.0908. The summed E-state index contributed by atoms with van der Waals surface area (Å²) in [5, 5.41) is 10.2. The molecule has 0 aliphatic carbocycles. The Morgan fingerprint density at radius 2 is 1.91 bits per heavy atom. The number of hydrogen-bond acceptors (Lipinski definition) is 5. The Morgan fingerprint density at radius 1 is 1.23 bits per heavy atom. The summed E-state index contributed by atoms with van der Waals surface area (Å²) in [5.74, 6) is -0.142. The van der Waals surface area contributed by atoms with Crippen molar-refractivity contribution in [3.63, 3.8) is 0 Å². The average Bonchev–Trinajstić information content (AvgIpc) is 2.50. The standard InChI is InChI=1S/C17H24O5/c1-11-12(2)16(21-9-14-7-5-4-6-8-14)17(19)22-15(11)10-20-13(3)18/h4-8,11-12,15-17,19H,9-10H2,1-3H3/t11-,12-,15?,16?,17+/m0/s1. The maximum Gasteiger partial charge on any atom is 0.302 e. The van der Waals surface area contributed by atoms with Crippen molar-refractivity contribution in [1.82, 2.24) is 0 Å². The van der Waals surface area contributed by atoms with E-state index < -0.39 is 12.4 Å². The molecule has 5 heteroatoms. The Kier molecular flexibility index (Phi) is 5.94. The second-order valence-corrected chi connectivity index (χ2v) is 5.85. The van der Waals surface area contributed by atoms with Crippen molar-refractivity contribution in [2.24, 2.45) is 11.8 Å². The molecule has 1 N–H and O–H groups in total. The highest BCUT2D eigenvalue weighted by molar-refractivity contribution is 5.65. The summed E-state index contributed by atoms with van der Waals surface area (Å²) in [6.07, 6.45) is -1.73. The molecule has 0 aromatic heterocycles. The first-order valence-corrected chi connectivity index (χ1v) is 7.61. The van der Waals surface area contributed by atoms with Crippen LogP contribution in [-0.4, -0.2) is 36.2 Å². The van der Waals surface area contributed by atoms with E-state index in [9.17, 15) is 9.90 Å². The molecule has 1 saturated heterocycles. The molecule has 0 spiro atoms. The van der Waals surface area contributed by atoms with Gasteiger partial charge >= 0.3 is 5.97 Å². The number of aliphatic hydroxyl groups excluding tert-OH is 1. The van der Waals surface area contributed by atoms with Crippen molar-refractivity contribution in [3.8, 4) is 0 Å². The average molecular weight is 308 g/mol. The van der Waals surface area contributed by atoms with Crippen LogP contribution in [0.5, 0.6) is 0 Å². The van der Waals surface area contributed by atoms with Gasteiger partial charge in [-0.05, 0) is 17.4 Å². The summed E-state index contributed by atoms with van der Waals surface area (Å²) in [7, 11) is 0. The van der Waals surface area contributed by atoms with E-state index in [0.717, 1.165) is 5.56 Å². The molecule has 2 unspecified atom stereocenters. The van der Waals surface area contributed by atoms with Crippen LogP contribution in [0.4, 0.5) is 0 Å². The number of aliphatic hydroxyl groups is 1. The van der Waals surface area contributed by atoms with E-state index in [1.54, 1.807) is 0 Å². The summed E-state index contributed by atoms with van der Waals surface area (Å²) in [5.41, 5.74) is 1.05. The van der Waals surface area contributed by atoms with Gasteiger partial charge in [0.25, 0.3) is 0 Å². The van der Waals surface area contributed by atoms with Gasteiger partial charge in [0.05, 0.1) is 12.7 Å². The first-order chi connectivity index (χ1) is 10.5. The van der Waals surface area contributed by atoms with E-state index in [4.69, 9.17) is 14.2 Å². The molecular weight excluding hydrogens is 284 g/mol. The molecule has 22 heavy (non-hydrogen) atoms. The third-order valence-corrected chi connectivity index (χ3v) is 4.27. The predicted octanol–water partition coefficient (Wildman–Crippen LogP) is 2.12.